The molecule has 1 saturated heterocycles. The minimum Gasteiger partial charge on any atom is -0.383 e. The number of hydrogen-bond acceptors (Lipinski definition) is 5. The van der Waals surface area contributed by atoms with Crippen LogP contribution in [-0.4, -0.2) is 44.4 Å². The zero-order valence-corrected chi connectivity index (χ0v) is 12.3. The maximum Gasteiger partial charge on any atom is 0.128 e. The Kier molecular flexibility index (Phi) is 6.08. The molecule has 1 aromatic heterocycles. The average molecular weight is 278 g/mol. The summed E-state index contributed by atoms with van der Waals surface area (Å²) in [6, 6.07) is 4.50. The Hall–Kier alpha value is -1.33. The number of nitrogens with two attached hydrogens (primary N) is 1. The predicted octanol–water partition coefficient (Wildman–Crippen LogP) is 1.85. The van der Waals surface area contributed by atoms with Gasteiger partial charge in [-0.15, -0.1) is 0 Å². The van der Waals surface area contributed by atoms with Gasteiger partial charge in [0.25, 0.3) is 0 Å². The molecule has 112 valence electrons. The van der Waals surface area contributed by atoms with Gasteiger partial charge in [0.15, 0.2) is 0 Å². The summed E-state index contributed by atoms with van der Waals surface area (Å²) in [6.07, 6.45) is 6.48. The van der Waals surface area contributed by atoms with Crippen LogP contribution in [0.1, 0.15) is 25.7 Å². The number of rotatable bonds is 8. The minimum atomic E-state index is 0.294. The Labute approximate surface area is 121 Å². The molecule has 1 unspecified atom stereocenters. The van der Waals surface area contributed by atoms with Crippen molar-refractivity contribution in [1.29, 1.82) is 0 Å². The van der Waals surface area contributed by atoms with E-state index in [9.17, 15) is 0 Å². The average Bonchev–Trinajstić information content (AvgIpc) is 3.00. The zero-order valence-electron chi connectivity index (χ0n) is 12.3. The minimum absolute atomic E-state index is 0.294. The Morgan fingerprint density at radius 1 is 1.40 bits per heavy atom. The molecule has 0 bridgehead atoms. The molecule has 1 fully saturated rings. The first-order valence-electron chi connectivity index (χ1n) is 7.50. The van der Waals surface area contributed by atoms with Gasteiger partial charge >= 0.3 is 0 Å². The van der Waals surface area contributed by atoms with Crippen LogP contribution in [0.3, 0.4) is 0 Å². The Morgan fingerprint density at radius 3 is 2.80 bits per heavy atom. The molecular formula is C15H26N4O. The van der Waals surface area contributed by atoms with Crippen LogP contribution >= 0.6 is 0 Å². The number of anilines is 2. The van der Waals surface area contributed by atoms with E-state index in [1.165, 1.54) is 12.8 Å². The highest BCUT2D eigenvalue weighted by atomic mass is 16.5. The van der Waals surface area contributed by atoms with E-state index < -0.39 is 0 Å². The molecule has 2 heterocycles. The summed E-state index contributed by atoms with van der Waals surface area (Å²) in [5, 5.41) is 3.47. The fourth-order valence-electron chi connectivity index (χ4n) is 2.60. The fraction of sp³-hybridized carbons (Fsp3) is 0.667. The van der Waals surface area contributed by atoms with E-state index in [1.807, 2.05) is 6.20 Å². The second-order valence-corrected chi connectivity index (χ2v) is 5.33. The lowest BCUT2D eigenvalue weighted by atomic mass is 10.1. The van der Waals surface area contributed by atoms with Crippen LogP contribution in [0.5, 0.6) is 0 Å². The van der Waals surface area contributed by atoms with Gasteiger partial charge in [-0.25, -0.2) is 4.98 Å². The lowest BCUT2D eigenvalue weighted by Gasteiger charge is -2.20. The van der Waals surface area contributed by atoms with Crippen molar-refractivity contribution in [2.24, 2.45) is 5.73 Å². The molecule has 0 amide bonds. The largest absolute Gasteiger partial charge is 0.383 e. The van der Waals surface area contributed by atoms with E-state index in [0.717, 1.165) is 37.4 Å². The molecule has 0 aliphatic carbocycles. The highest BCUT2D eigenvalue weighted by Crippen LogP contribution is 2.19. The molecule has 2 rings (SSSR count). The Balaban J connectivity index is 1.90. The van der Waals surface area contributed by atoms with Gasteiger partial charge in [-0.05, 0) is 44.4 Å². The molecule has 1 atom stereocenters. The normalized spacial score (nSPS) is 16.4. The third-order valence-electron chi connectivity index (χ3n) is 3.67. The number of nitrogens with zero attached hydrogens (tertiary/aromatic N) is 2. The number of aromatic nitrogens is 1. The lowest BCUT2D eigenvalue weighted by molar-refractivity contribution is 0.182. The van der Waals surface area contributed by atoms with Gasteiger partial charge < -0.3 is 20.7 Å². The second kappa shape index (κ2) is 8.07. The van der Waals surface area contributed by atoms with Crippen LogP contribution in [0.4, 0.5) is 11.5 Å². The van der Waals surface area contributed by atoms with Crippen molar-refractivity contribution < 1.29 is 4.74 Å². The number of ether oxygens (including phenoxy) is 1. The number of nitrogens with one attached hydrogen (secondary N) is 1. The highest BCUT2D eigenvalue weighted by Gasteiger charge is 2.13. The Bertz CT molecular complexity index is 376. The molecule has 3 N–H and O–H groups in total. The standard InChI is InChI=1S/C15H26N4O/c1-20-12-14(5-4-8-16)18-13-6-7-15(17-11-13)19-9-2-3-10-19/h6-7,11,14,18H,2-5,8-10,12,16H2,1H3. The first kappa shape index (κ1) is 15.1. The fourth-order valence-corrected chi connectivity index (χ4v) is 2.60. The van der Waals surface area contributed by atoms with Crippen molar-refractivity contribution in [1.82, 2.24) is 4.98 Å². The van der Waals surface area contributed by atoms with E-state index in [4.69, 9.17) is 10.5 Å². The van der Waals surface area contributed by atoms with Crippen molar-refractivity contribution >= 4 is 11.5 Å². The zero-order chi connectivity index (χ0) is 14.2. The Morgan fingerprint density at radius 2 is 2.20 bits per heavy atom. The maximum absolute atomic E-state index is 5.57. The molecule has 1 aromatic rings. The molecule has 0 aromatic carbocycles. The maximum atomic E-state index is 5.57. The van der Waals surface area contributed by atoms with Crippen molar-refractivity contribution in [3.05, 3.63) is 18.3 Å². The highest BCUT2D eigenvalue weighted by molar-refractivity contribution is 5.49. The summed E-state index contributed by atoms with van der Waals surface area (Å²) in [5.41, 5.74) is 6.62. The number of hydrogen-bond donors (Lipinski definition) is 2. The molecular weight excluding hydrogens is 252 g/mol. The van der Waals surface area contributed by atoms with E-state index in [1.54, 1.807) is 7.11 Å². The predicted molar refractivity (Wildman–Crippen MR) is 83.3 cm³/mol. The van der Waals surface area contributed by atoms with Crippen molar-refractivity contribution in [2.75, 3.05) is 43.6 Å². The first-order valence-corrected chi connectivity index (χ1v) is 7.50. The molecule has 20 heavy (non-hydrogen) atoms. The first-order chi connectivity index (χ1) is 9.83. The van der Waals surface area contributed by atoms with Crippen LogP contribution in [0.15, 0.2) is 18.3 Å². The summed E-state index contributed by atoms with van der Waals surface area (Å²) in [7, 11) is 1.73. The van der Waals surface area contributed by atoms with E-state index in [0.29, 0.717) is 19.2 Å². The molecule has 0 radical (unpaired) electrons. The molecule has 1 aliphatic heterocycles. The summed E-state index contributed by atoms with van der Waals surface area (Å²) in [5.74, 6) is 1.08. The molecule has 0 saturated carbocycles. The molecule has 5 nitrogen and oxygen atoms in total. The van der Waals surface area contributed by atoms with Gasteiger partial charge in [-0.1, -0.05) is 0 Å². The van der Waals surface area contributed by atoms with Gasteiger partial charge in [0.1, 0.15) is 5.82 Å². The van der Waals surface area contributed by atoms with Gasteiger partial charge in [-0.3, -0.25) is 0 Å². The van der Waals surface area contributed by atoms with E-state index in [2.05, 4.69) is 27.3 Å². The van der Waals surface area contributed by atoms with E-state index in [-0.39, 0.29) is 0 Å². The van der Waals surface area contributed by atoms with Crippen LogP contribution in [0, 0.1) is 0 Å². The topological polar surface area (TPSA) is 63.4 Å². The van der Waals surface area contributed by atoms with Crippen LogP contribution < -0.4 is 16.0 Å². The van der Waals surface area contributed by atoms with E-state index >= 15 is 0 Å². The summed E-state index contributed by atoms with van der Waals surface area (Å²) in [4.78, 5) is 6.89. The SMILES string of the molecule is COCC(CCCN)Nc1ccc(N2CCCC2)nc1. The number of pyridine rings is 1. The lowest BCUT2D eigenvalue weighted by Crippen LogP contribution is -2.26. The summed E-state index contributed by atoms with van der Waals surface area (Å²) >= 11 is 0. The quantitative estimate of drug-likeness (QED) is 0.760. The third kappa shape index (κ3) is 4.35. The van der Waals surface area contributed by atoms with Crippen LogP contribution in [-0.2, 0) is 4.74 Å². The molecule has 1 aliphatic rings. The van der Waals surface area contributed by atoms with Gasteiger partial charge in [0.2, 0.25) is 0 Å². The smallest absolute Gasteiger partial charge is 0.128 e. The van der Waals surface area contributed by atoms with Crippen molar-refractivity contribution in [3.8, 4) is 0 Å². The van der Waals surface area contributed by atoms with Gasteiger partial charge in [0.05, 0.1) is 18.5 Å². The molecule has 0 spiro atoms. The van der Waals surface area contributed by atoms with Gasteiger partial charge in [0, 0.05) is 26.2 Å². The monoisotopic (exact) mass is 278 g/mol. The molecule has 5 heteroatoms. The van der Waals surface area contributed by atoms with Crippen molar-refractivity contribution in [3.63, 3.8) is 0 Å². The summed E-state index contributed by atoms with van der Waals surface area (Å²) < 4.78 is 5.25. The number of methoxy groups -OCH3 is 1. The summed E-state index contributed by atoms with van der Waals surface area (Å²) in [6.45, 7) is 3.66. The van der Waals surface area contributed by atoms with Crippen LogP contribution in [0.25, 0.3) is 0 Å². The van der Waals surface area contributed by atoms with Crippen LogP contribution in [0.2, 0.25) is 0 Å². The second-order valence-electron chi connectivity index (χ2n) is 5.33. The third-order valence-corrected chi connectivity index (χ3v) is 3.67. The van der Waals surface area contributed by atoms with Crippen molar-refractivity contribution in [2.45, 2.75) is 31.7 Å². The van der Waals surface area contributed by atoms with Gasteiger partial charge in [-0.2, -0.15) is 0 Å².